The van der Waals surface area contributed by atoms with Crippen LogP contribution in [-0.2, 0) is 13.1 Å². The summed E-state index contributed by atoms with van der Waals surface area (Å²) in [7, 11) is 0. The van der Waals surface area contributed by atoms with Crippen molar-refractivity contribution in [1.29, 1.82) is 0 Å². The molecule has 0 spiro atoms. The molecule has 3 N–H and O–H groups in total. The van der Waals surface area contributed by atoms with Gasteiger partial charge in [-0.05, 0) is 40.5 Å². The third-order valence-electron chi connectivity index (χ3n) is 3.68. The molecule has 20 heavy (non-hydrogen) atoms. The van der Waals surface area contributed by atoms with Crippen LogP contribution >= 0.6 is 0 Å². The molecule has 0 bridgehead atoms. The highest BCUT2D eigenvalue weighted by Gasteiger charge is 2.37. The fourth-order valence-electron chi connectivity index (χ4n) is 3.35. The van der Waals surface area contributed by atoms with Crippen molar-refractivity contribution in [2.24, 2.45) is 0 Å². The SMILES string of the molecule is CC1(C)CC(NCc2cn(CCO)nn2)CC(C)(C)N1. The lowest BCUT2D eigenvalue weighted by Gasteiger charge is -2.46. The molecule has 2 heterocycles. The van der Waals surface area contributed by atoms with Gasteiger partial charge in [0, 0.05) is 29.9 Å². The minimum Gasteiger partial charge on any atom is -0.394 e. The van der Waals surface area contributed by atoms with Crippen LogP contribution in [0, 0.1) is 0 Å². The molecule has 1 aliphatic rings. The third-order valence-corrected chi connectivity index (χ3v) is 3.68. The molecular formula is C14H27N5O. The second-order valence-electron chi connectivity index (χ2n) is 7.08. The number of piperidine rings is 1. The summed E-state index contributed by atoms with van der Waals surface area (Å²) < 4.78 is 1.67. The summed E-state index contributed by atoms with van der Waals surface area (Å²) in [5, 5.41) is 24.2. The van der Waals surface area contributed by atoms with Gasteiger partial charge in [-0.1, -0.05) is 5.21 Å². The Hall–Kier alpha value is -0.980. The van der Waals surface area contributed by atoms with Crippen LogP contribution in [0.5, 0.6) is 0 Å². The van der Waals surface area contributed by atoms with Gasteiger partial charge in [0.2, 0.25) is 0 Å². The predicted molar refractivity (Wildman–Crippen MR) is 78.3 cm³/mol. The van der Waals surface area contributed by atoms with Crippen LogP contribution in [0.3, 0.4) is 0 Å². The van der Waals surface area contributed by atoms with Gasteiger partial charge < -0.3 is 15.7 Å². The van der Waals surface area contributed by atoms with Crippen molar-refractivity contribution < 1.29 is 5.11 Å². The predicted octanol–water partition coefficient (Wildman–Crippen LogP) is 0.669. The highest BCUT2D eigenvalue weighted by molar-refractivity contribution is 5.01. The zero-order valence-electron chi connectivity index (χ0n) is 13.0. The summed E-state index contributed by atoms with van der Waals surface area (Å²) >= 11 is 0. The van der Waals surface area contributed by atoms with Crippen molar-refractivity contribution in [3.63, 3.8) is 0 Å². The number of aliphatic hydroxyl groups excluding tert-OH is 1. The fourth-order valence-corrected chi connectivity index (χ4v) is 3.35. The molecule has 0 aromatic carbocycles. The summed E-state index contributed by atoms with van der Waals surface area (Å²) in [6, 6.07) is 0.476. The number of nitrogens with zero attached hydrogens (tertiary/aromatic N) is 3. The summed E-state index contributed by atoms with van der Waals surface area (Å²) in [6.07, 6.45) is 4.09. The number of hydrogen-bond acceptors (Lipinski definition) is 5. The zero-order chi connectivity index (χ0) is 14.8. The summed E-state index contributed by atoms with van der Waals surface area (Å²) in [5.74, 6) is 0. The fraction of sp³-hybridized carbons (Fsp3) is 0.857. The number of aliphatic hydroxyl groups is 1. The Morgan fingerprint density at radius 3 is 2.60 bits per heavy atom. The second kappa shape index (κ2) is 5.79. The Balaban J connectivity index is 1.89. The molecule has 114 valence electrons. The van der Waals surface area contributed by atoms with Gasteiger partial charge in [0.25, 0.3) is 0 Å². The lowest BCUT2D eigenvalue weighted by Crippen LogP contribution is -2.61. The van der Waals surface area contributed by atoms with Gasteiger partial charge in [-0.3, -0.25) is 0 Å². The first-order valence-electron chi connectivity index (χ1n) is 7.32. The van der Waals surface area contributed by atoms with Crippen LogP contribution in [0.15, 0.2) is 6.20 Å². The van der Waals surface area contributed by atoms with Crippen molar-refractivity contribution in [2.75, 3.05) is 6.61 Å². The topological polar surface area (TPSA) is 75.0 Å². The van der Waals surface area contributed by atoms with Crippen LogP contribution in [0.2, 0.25) is 0 Å². The molecule has 0 unspecified atom stereocenters. The van der Waals surface area contributed by atoms with Gasteiger partial charge in [-0.2, -0.15) is 0 Å². The molecule has 6 nitrogen and oxygen atoms in total. The van der Waals surface area contributed by atoms with Crippen molar-refractivity contribution in [3.05, 3.63) is 11.9 Å². The summed E-state index contributed by atoms with van der Waals surface area (Å²) in [4.78, 5) is 0. The lowest BCUT2D eigenvalue weighted by molar-refractivity contribution is 0.145. The highest BCUT2D eigenvalue weighted by Crippen LogP contribution is 2.28. The monoisotopic (exact) mass is 281 g/mol. The normalized spacial score (nSPS) is 22.1. The number of nitrogens with one attached hydrogen (secondary N) is 2. The van der Waals surface area contributed by atoms with Gasteiger partial charge in [0.1, 0.15) is 0 Å². The maximum atomic E-state index is 8.87. The lowest BCUT2D eigenvalue weighted by atomic mass is 9.79. The molecular weight excluding hydrogens is 254 g/mol. The molecule has 0 saturated carbocycles. The van der Waals surface area contributed by atoms with Gasteiger partial charge >= 0.3 is 0 Å². The van der Waals surface area contributed by atoms with Gasteiger partial charge in [-0.15, -0.1) is 5.10 Å². The van der Waals surface area contributed by atoms with E-state index in [1.807, 2.05) is 6.20 Å². The van der Waals surface area contributed by atoms with Crippen molar-refractivity contribution in [3.8, 4) is 0 Å². The Morgan fingerprint density at radius 1 is 1.35 bits per heavy atom. The van der Waals surface area contributed by atoms with E-state index in [0.29, 0.717) is 12.6 Å². The smallest absolute Gasteiger partial charge is 0.0964 e. The molecule has 0 aliphatic carbocycles. The first-order valence-corrected chi connectivity index (χ1v) is 7.32. The third kappa shape index (κ3) is 4.26. The molecule has 2 rings (SSSR count). The number of rotatable bonds is 5. The van der Waals surface area contributed by atoms with E-state index in [1.165, 1.54) is 0 Å². The quantitative estimate of drug-likeness (QED) is 0.739. The maximum absolute atomic E-state index is 8.87. The molecule has 1 fully saturated rings. The van der Waals surface area contributed by atoms with Gasteiger partial charge in [0.05, 0.1) is 18.8 Å². The first-order chi connectivity index (χ1) is 9.30. The van der Waals surface area contributed by atoms with Crippen molar-refractivity contribution in [1.82, 2.24) is 25.6 Å². The van der Waals surface area contributed by atoms with E-state index in [2.05, 4.69) is 48.6 Å². The molecule has 1 aromatic heterocycles. The molecule has 0 amide bonds. The average molecular weight is 281 g/mol. The van der Waals surface area contributed by atoms with E-state index in [0.717, 1.165) is 25.1 Å². The highest BCUT2D eigenvalue weighted by atomic mass is 16.3. The largest absolute Gasteiger partial charge is 0.394 e. The van der Waals surface area contributed by atoms with E-state index in [-0.39, 0.29) is 17.7 Å². The van der Waals surface area contributed by atoms with Crippen LogP contribution in [0.25, 0.3) is 0 Å². The molecule has 1 saturated heterocycles. The van der Waals surface area contributed by atoms with Crippen LogP contribution in [0.1, 0.15) is 46.2 Å². The molecule has 1 aliphatic heterocycles. The minimum atomic E-state index is 0.0902. The standard InChI is InChI=1S/C14H27N5O/c1-13(2)7-11(8-14(3,4)17-13)15-9-12-10-19(5-6-20)18-16-12/h10-11,15,17,20H,5-9H2,1-4H3. The maximum Gasteiger partial charge on any atom is 0.0964 e. The van der Waals surface area contributed by atoms with Gasteiger partial charge in [-0.25, -0.2) is 4.68 Å². The van der Waals surface area contributed by atoms with Crippen molar-refractivity contribution >= 4 is 0 Å². The van der Waals surface area contributed by atoms with Crippen molar-refractivity contribution in [2.45, 2.75) is 70.7 Å². The summed E-state index contributed by atoms with van der Waals surface area (Å²) in [5.41, 5.74) is 1.22. The number of hydrogen-bond donors (Lipinski definition) is 3. The zero-order valence-corrected chi connectivity index (χ0v) is 13.0. The Morgan fingerprint density at radius 2 is 2.00 bits per heavy atom. The Bertz CT molecular complexity index is 425. The first kappa shape index (κ1) is 15.4. The van der Waals surface area contributed by atoms with E-state index in [1.54, 1.807) is 4.68 Å². The van der Waals surface area contributed by atoms with Gasteiger partial charge in [0.15, 0.2) is 0 Å². The van der Waals surface area contributed by atoms with E-state index in [9.17, 15) is 0 Å². The molecule has 0 atom stereocenters. The molecule has 0 radical (unpaired) electrons. The number of aromatic nitrogens is 3. The Labute approximate surface area is 120 Å². The molecule has 1 aromatic rings. The van der Waals surface area contributed by atoms with Crippen LogP contribution < -0.4 is 10.6 Å². The summed E-state index contributed by atoms with van der Waals surface area (Å²) in [6.45, 7) is 10.3. The second-order valence-corrected chi connectivity index (χ2v) is 7.08. The molecule has 6 heteroatoms. The average Bonchev–Trinajstić information content (AvgIpc) is 2.70. The minimum absolute atomic E-state index is 0.0902. The van der Waals surface area contributed by atoms with Crippen LogP contribution in [0.4, 0.5) is 0 Å². The van der Waals surface area contributed by atoms with E-state index in [4.69, 9.17) is 5.11 Å². The van der Waals surface area contributed by atoms with E-state index >= 15 is 0 Å². The van der Waals surface area contributed by atoms with E-state index < -0.39 is 0 Å². The Kier molecular flexibility index (Phi) is 4.46. The van der Waals surface area contributed by atoms with Crippen LogP contribution in [-0.4, -0.2) is 43.8 Å².